The lowest BCUT2D eigenvalue weighted by Crippen LogP contribution is -2.32. The van der Waals surface area contributed by atoms with Gasteiger partial charge in [-0.25, -0.2) is 4.79 Å². The van der Waals surface area contributed by atoms with Gasteiger partial charge in [0.05, 0.1) is 25.7 Å². The Kier molecular flexibility index (Phi) is 14.1. The normalized spacial score (nSPS) is 13.7. The number of fused-ring (bicyclic) bond motifs is 3. The minimum atomic E-state index is -1.44. The second-order valence-corrected chi connectivity index (χ2v) is 16.8. The SMILES string of the molecule is CCCCCCCCCCn1c(C)c(C2(c3c(C)n(CCCCCCCCCC)c4ccccc34)OC(=O)c3c(Cl)c(Cl)c(Cl)c(Cl)c32)c2ccccc21. The Balaban J connectivity index is 1.50. The van der Waals surface area contributed by atoms with Gasteiger partial charge in [-0.1, -0.05) is 187 Å². The van der Waals surface area contributed by atoms with E-state index in [4.69, 9.17) is 51.1 Å². The molecule has 0 spiro atoms. The minimum absolute atomic E-state index is 0.0533. The predicted molar refractivity (Wildman–Crippen MR) is 230 cm³/mol. The molecule has 0 unspecified atom stereocenters. The molecule has 4 nitrogen and oxygen atoms in total. The number of para-hydroxylation sites is 2. The Hall–Kier alpha value is -2.63. The van der Waals surface area contributed by atoms with E-state index in [2.05, 4.69) is 85.4 Å². The second kappa shape index (κ2) is 18.5. The molecule has 6 rings (SSSR count). The zero-order valence-corrected chi connectivity index (χ0v) is 35.6. The fraction of sp³-hybridized carbons (Fsp3) is 0.500. The van der Waals surface area contributed by atoms with Crippen molar-refractivity contribution in [3.63, 3.8) is 0 Å². The van der Waals surface area contributed by atoms with Crippen LogP contribution in [0.15, 0.2) is 48.5 Å². The van der Waals surface area contributed by atoms with Crippen molar-refractivity contribution >= 4 is 74.2 Å². The molecule has 0 saturated heterocycles. The van der Waals surface area contributed by atoms with E-state index in [9.17, 15) is 4.79 Å². The summed E-state index contributed by atoms with van der Waals surface area (Å²) in [5.41, 5.74) is 5.22. The van der Waals surface area contributed by atoms with Gasteiger partial charge in [-0.3, -0.25) is 0 Å². The van der Waals surface area contributed by atoms with E-state index in [0.717, 1.165) is 83.1 Å². The van der Waals surface area contributed by atoms with Crippen LogP contribution < -0.4 is 0 Å². The molecule has 5 aromatic rings. The summed E-state index contributed by atoms with van der Waals surface area (Å²) in [4.78, 5) is 14.4. The number of rotatable bonds is 20. The molecule has 8 heteroatoms. The summed E-state index contributed by atoms with van der Waals surface area (Å²) >= 11 is 27.8. The van der Waals surface area contributed by atoms with Crippen LogP contribution in [0.5, 0.6) is 0 Å². The Morgan fingerprint density at radius 1 is 0.519 bits per heavy atom. The van der Waals surface area contributed by atoms with Crippen LogP contribution in [0.3, 0.4) is 0 Å². The highest BCUT2D eigenvalue weighted by atomic mass is 35.5. The highest BCUT2D eigenvalue weighted by Gasteiger charge is 2.56. The maximum absolute atomic E-state index is 14.4. The van der Waals surface area contributed by atoms with Crippen molar-refractivity contribution < 1.29 is 9.53 Å². The molecule has 1 aliphatic heterocycles. The first-order chi connectivity index (χ1) is 26.2. The lowest BCUT2D eigenvalue weighted by Gasteiger charge is -2.32. The first kappa shape index (κ1) is 41.0. The lowest BCUT2D eigenvalue weighted by atomic mass is 9.77. The number of aryl methyl sites for hydroxylation is 2. The Bertz CT molecular complexity index is 1990. The fourth-order valence-electron chi connectivity index (χ4n) is 9.01. The molecule has 0 radical (unpaired) electrons. The number of hydrogen-bond acceptors (Lipinski definition) is 2. The monoisotopic (exact) mass is 808 g/mol. The third kappa shape index (κ3) is 7.71. The molecular weight excluding hydrogens is 754 g/mol. The van der Waals surface area contributed by atoms with E-state index in [1.165, 1.54) is 77.0 Å². The summed E-state index contributed by atoms with van der Waals surface area (Å²) in [7, 11) is 0. The lowest BCUT2D eigenvalue weighted by molar-refractivity contribution is 0.0256. The number of esters is 1. The van der Waals surface area contributed by atoms with Gasteiger partial charge in [0.25, 0.3) is 0 Å². The van der Waals surface area contributed by atoms with Gasteiger partial charge in [-0.2, -0.15) is 0 Å². The number of hydrogen-bond donors (Lipinski definition) is 0. The van der Waals surface area contributed by atoms with Gasteiger partial charge in [0, 0.05) is 63.0 Å². The molecule has 0 saturated carbocycles. The largest absolute Gasteiger partial charge is 0.440 e. The molecule has 0 amide bonds. The quantitative estimate of drug-likeness (QED) is 0.0340. The van der Waals surface area contributed by atoms with Crippen LogP contribution in [0.25, 0.3) is 21.8 Å². The molecule has 0 N–H and O–H groups in total. The molecule has 1 aliphatic rings. The van der Waals surface area contributed by atoms with Crippen molar-refractivity contribution in [2.24, 2.45) is 0 Å². The molecule has 290 valence electrons. The fourth-order valence-corrected chi connectivity index (χ4v) is 10.1. The molecule has 0 fully saturated rings. The summed E-state index contributed by atoms with van der Waals surface area (Å²) in [5.74, 6) is -0.561. The third-order valence-electron chi connectivity index (χ3n) is 11.7. The zero-order chi connectivity index (χ0) is 38.4. The molecule has 3 heterocycles. The maximum Gasteiger partial charge on any atom is 0.341 e. The summed E-state index contributed by atoms with van der Waals surface area (Å²) in [6, 6.07) is 16.9. The molecule has 54 heavy (non-hydrogen) atoms. The molecule has 3 aromatic carbocycles. The van der Waals surface area contributed by atoms with Gasteiger partial charge in [-0.05, 0) is 38.8 Å². The van der Waals surface area contributed by atoms with Gasteiger partial charge < -0.3 is 13.9 Å². The van der Waals surface area contributed by atoms with Crippen molar-refractivity contribution in [1.29, 1.82) is 0 Å². The average molecular weight is 811 g/mol. The number of ether oxygens (including phenoxy) is 1. The van der Waals surface area contributed by atoms with Crippen molar-refractivity contribution in [2.75, 3.05) is 0 Å². The van der Waals surface area contributed by atoms with E-state index < -0.39 is 11.6 Å². The standard InChI is InChI=1S/C46H56Cl4N2O2/c1-5-7-9-11-13-15-17-23-29-51-31(3)38(33-25-19-21-27-35(33)51)46(40-37(45(53)54-46)41(47)43(49)44(50)42(40)48)39-32(4)52(36-28-22-20-26-34(36)39)30-24-18-16-14-12-10-8-6-2/h19-22,25-28H,5-18,23-24,29-30H2,1-4H3. The maximum atomic E-state index is 14.4. The van der Waals surface area contributed by atoms with E-state index >= 15 is 0 Å². The Morgan fingerprint density at radius 3 is 1.35 bits per heavy atom. The highest BCUT2D eigenvalue weighted by molar-refractivity contribution is 6.53. The van der Waals surface area contributed by atoms with Crippen LogP contribution in [0, 0.1) is 13.8 Å². The molecule has 0 bridgehead atoms. The zero-order valence-electron chi connectivity index (χ0n) is 32.6. The number of nitrogens with zero attached hydrogens (tertiary/aromatic N) is 2. The summed E-state index contributed by atoms with van der Waals surface area (Å²) < 4.78 is 11.7. The van der Waals surface area contributed by atoms with Crippen molar-refractivity contribution in [3.05, 3.63) is 102 Å². The average Bonchev–Trinajstić information content (AvgIpc) is 3.75. The number of carbonyl (C=O) groups excluding carboxylic acids is 1. The van der Waals surface area contributed by atoms with E-state index in [-0.39, 0.29) is 25.7 Å². The predicted octanol–water partition coefficient (Wildman–Crippen LogP) is 15.6. The molecule has 0 atom stereocenters. The topological polar surface area (TPSA) is 36.2 Å². The van der Waals surface area contributed by atoms with Crippen LogP contribution in [0.1, 0.15) is 155 Å². The van der Waals surface area contributed by atoms with Crippen molar-refractivity contribution in [1.82, 2.24) is 9.13 Å². The summed E-state index contributed by atoms with van der Waals surface area (Å²) in [5, 5.41) is 2.43. The van der Waals surface area contributed by atoms with Crippen LogP contribution in [0.4, 0.5) is 0 Å². The van der Waals surface area contributed by atoms with Crippen LogP contribution in [-0.4, -0.2) is 15.1 Å². The van der Waals surface area contributed by atoms with Gasteiger partial charge in [0.15, 0.2) is 5.60 Å². The van der Waals surface area contributed by atoms with Gasteiger partial charge in [0.2, 0.25) is 0 Å². The van der Waals surface area contributed by atoms with Crippen LogP contribution >= 0.6 is 46.4 Å². The van der Waals surface area contributed by atoms with Gasteiger partial charge in [-0.15, -0.1) is 0 Å². The number of aromatic nitrogens is 2. The Labute approximate surface area is 342 Å². The van der Waals surface area contributed by atoms with Crippen molar-refractivity contribution in [2.45, 2.75) is 149 Å². The summed E-state index contributed by atoms with van der Waals surface area (Å²) in [6.45, 7) is 10.5. The van der Waals surface area contributed by atoms with Gasteiger partial charge >= 0.3 is 5.97 Å². The minimum Gasteiger partial charge on any atom is -0.440 e. The number of cyclic esters (lactones) is 1. The smallest absolute Gasteiger partial charge is 0.341 e. The van der Waals surface area contributed by atoms with E-state index in [0.29, 0.717) is 5.56 Å². The summed E-state index contributed by atoms with van der Waals surface area (Å²) in [6.07, 6.45) is 19.9. The van der Waals surface area contributed by atoms with Gasteiger partial charge in [0.1, 0.15) is 0 Å². The second-order valence-electron chi connectivity index (χ2n) is 15.3. The molecule has 0 aliphatic carbocycles. The number of benzene rings is 3. The van der Waals surface area contributed by atoms with Crippen LogP contribution in [-0.2, 0) is 23.4 Å². The first-order valence-electron chi connectivity index (χ1n) is 20.5. The highest BCUT2D eigenvalue weighted by Crippen LogP contribution is 2.59. The van der Waals surface area contributed by atoms with Crippen LogP contribution in [0.2, 0.25) is 20.1 Å². The number of carbonyl (C=O) groups is 1. The van der Waals surface area contributed by atoms with E-state index in [1.807, 2.05) is 0 Å². The van der Waals surface area contributed by atoms with Crippen molar-refractivity contribution in [3.8, 4) is 0 Å². The molecule has 2 aromatic heterocycles. The number of halogens is 4. The molecular formula is C46H56Cl4N2O2. The van der Waals surface area contributed by atoms with E-state index in [1.54, 1.807) is 0 Å². The number of unbranched alkanes of at least 4 members (excludes halogenated alkanes) is 14. The third-order valence-corrected chi connectivity index (χ3v) is 13.5. The Morgan fingerprint density at radius 2 is 0.907 bits per heavy atom. The first-order valence-corrected chi connectivity index (χ1v) is 22.0.